The molecule has 2 saturated heterocycles. The fourth-order valence-corrected chi connectivity index (χ4v) is 4.10. The Kier molecular flexibility index (Phi) is 2.08. The number of nitrogens with zero attached hydrogens (tertiary/aromatic N) is 1. The van der Waals surface area contributed by atoms with Gasteiger partial charge in [-0.05, 0) is 63.5 Å². The van der Waals surface area contributed by atoms with Crippen molar-refractivity contribution in [2.75, 3.05) is 13.1 Å². The van der Waals surface area contributed by atoms with Crippen LogP contribution in [0, 0.1) is 11.8 Å². The first kappa shape index (κ1) is 8.28. The molecular formula is C12H21N. The number of hydrogen-bond acceptors (Lipinski definition) is 1. The minimum absolute atomic E-state index is 1.01. The highest BCUT2D eigenvalue weighted by Crippen LogP contribution is 2.43. The maximum Gasteiger partial charge on any atom is 0.0126 e. The van der Waals surface area contributed by atoms with E-state index in [4.69, 9.17) is 0 Å². The van der Waals surface area contributed by atoms with E-state index in [0.717, 1.165) is 17.9 Å². The highest BCUT2D eigenvalue weighted by molar-refractivity contribution is 4.93. The Bertz CT molecular complexity index is 162. The first-order chi connectivity index (χ1) is 6.45. The van der Waals surface area contributed by atoms with Crippen LogP contribution in [-0.4, -0.2) is 24.0 Å². The molecule has 0 aromatic carbocycles. The van der Waals surface area contributed by atoms with Crippen LogP contribution in [0.4, 0.5) is 0 Å². The summed E-state index contributed by atoms with van der Waals surface area (Å²) >= 11 is 0. The topological polar surface area (TPSA) is 3.24 Å². The molecule has 0 spiro atoms. The van der Waals surface area contributed by atoms with Gasteiger partial charge in [0.25, 0.3) is 0 Å². The predicted molar refractivity (Wildman–Crippen MR) is 54.7 cm³/mol. The summed E-state index contributed by atoms with van der Waals surface area (Å²) in [6.07, 6.45) is 10.6. The van der Waals surface area contributed by atoms with Crippen molar-refractivity contribution in [2.24, 2.45) is 11.8 Å². The Morgan fingerprint density at radius 3 is 2.31 bits per heavy atom. The molecule has 0 radical (unpaired) electrons. The van der Waals surface area contributed by atoms with Crippen molar-refractivity contribution >= 4 is 0 Å². The normalized spacial score (nSPS) is 49.8. The Hall–Kier alpha value is -0.0400. The summed E-state index contributed by atoms with van der Waals surface area (Å²) in [5.74, 6) is 2.21. The molecule has 2 heterocycles. The van der Waals surface area contributed by atoms with Crippen molar-refractivity contribution in [2.45, 2.75) is 51.0 Å². The van der Waals surface area contributed by atoms with Crippen molar-refractivity contribution in [1.82, 2.24) is 4.90 Å². The molecule has 2 atom stereocenters. The quantitative estimate of drug-likeness (QED) is 0.552. The predicted octanol–water partition coefficient (Wildman–Crippen LogP) is 2.66. The van der Waals surface area contributed by atoms with Crippen LogP contribution in [0.2, 0.25) is 0 Å². The Morgan fingerprint density at radius 2 is 1.54 bits per heavy atom. The first-order valence-electron chi connectivity index (χ1n) is 6.19. The minimum atomic E-state index is 1.01. The van der Waals surface area contributed by atoms with Crippen molar-refractivity contribution in [1.29, 1.82) is 0 Å². The van der Waals surface area contributed by atoms with Crippen LogP contribution in [0.3, 0.4) is 0 Å². The summed E-state index contributed by atoms with van der Waals surface area (Å²) in [7, 11) is 0. The zero-order chi connectivity index (χ0) is 8.67. The van der Waals surface area contributed by atoms with E-state index < -0.39 is 0 Å². The Balaban J connectivity index is 1.89. The van der Waals surface area contributed by atoms with Gasteiger partial charge in [0.2, 0.25) is 0 Å². The van der Waals surface area contributed by atoms with Gasteiger partial charge in [0.05, 0.1) is 0 Å². The Morgan fingerprint density at radius 1 is 0.769 bits per heavy atom. The molecule has 0 amide bonds. The molecule has 0 N–H and O–H groups in total. The van der Waals surface area contributed by atoms with Gasteiger partial charge in [-0.15, -0.1) is 0 Å². The zero-order valence-corrected chi connectivity index (χ0v) is 8.54. The summed E-state index contributed by atoms with van der Waals surface area (Å²) < 4.78 is 0. The molecular weight excluding hydrogens is 158 g/mol. The molecule has 1 nitrogen and oxygen atoms in total. The molecule has 0 aromatic heterocycles. The minimum Gasteiger partial charge on any atom is -0.300 e. The lowest BCUT2D eigenvalue weighted by Crippen LogP contribution is -2.36. The molecule has 3 aliphatic rings. The van der Waals surface area contributed by atoms with Gasteiger partial charge >= 0.3 is 0 Å². The van der Waals surface area contributed by atoms with Crippen molar-refractivity contribution in [3.8, 4) is 0 Å². The van der Waals surface area contributed by atoms with Crippen molar-refractivity contribution < 1.29 is 0 Å². The summed E-state index contributed by atoms with van der Waals surface area (Å²) in [6, 6.07) is 1.01. The smallest absolute Gasteiger partial charge is 0.0126 e. The molecule has 2 bridgehead atoms. The highest BCUT2D eigenvalue weighted by Gasteiger charge is 2.40. The molecule has 1 saturated carbocycles. The van der Waals surface area contributed by atoms with E-state index in [-0.39, 0.29) is 0 Å². The van der Waals surface area contributed by atoms with Crippen LogP contribution in [0.25, 0.3) is 0 Å². The van der Waals surface area contributed by atoms with Gasteiger partial charge in [0.1, 0.15) is 0 Å². The molecule has 74 valence electrons. The van der Waals surface area contributed by atoms with Gasteiger partial charge in [-0.2, -0.15) is 0 Å². The van der Waals surface area contributed by atoms with Crippen LogP contribution in [0.1, 0.15) is 44.9 Å². The molecule has 2 unspecified atom stereocenters. The summed E-state index contributed by atoms with van der Waals surface area (Å²) in [6.45, 7) is 2.83. The number of hydrogen-bond donors (Lipinski definition) is 0. The van der Waals surface area contributed by atoms with E-state index in [0.29, 0.717) is 0 Å². The lowest BCUT2D eigenvalue weighted by Gasteiger charge is -2.29. The molecule has 1 aliphatic carbocycles. The molecule has 3 rings (SSSR count). The average Bonchev–Trinajstić information content (AvgIpc) is 2.43. The Labute approximate surface area is 81.5 Å². The molecule has 0 aromatic rings. The van der Waals surface area contributed by atoms with Crippen LogP contribution in [-0.2, 0) is 0 Å². The first-order valence-corrected chi connectivity index (χ1v) is 6.19. The van der Waals surface area contributed by atoms with E-state index in [1.54, 1.807) is 6.42 Å². The second kappa shape index (κ2) is 3.27. The van der Waals surface area contributed by atoms with Crippen molar-refractivity contribution in [3.63, 3.8) is 0 Å². The van der Waals surface area contributed by atoms with Crippen LogP contribution in [0.15, 0.2) is 0 Å². The third-order valence-electron chi connectivity index (χ3n) is 4.65. The SMILES string of the molecule is C1CC2C3CCCN(CCC3)C2C1. The van der Waals surface area contributed by atoms with Crippen LogP contribution < -0.4 is 0 Å². The van der Waals surface area contributed by atoms with Crippen molar-refractivity contribution in [3.05, 3.63) is 0 Å². The third kappa shape index (κ3) is 1.32. The standard InChI is InChI=1S/C12H21N/c1-6-11-10-4-2-8-13(9-3-5-10)12(11)7-1/h10-12H,1-9H2. The zero-order valence-electron chi connectivity index (χ0n) is 8.54. The fourth-order valence-electron chi connectivity index (χ4n) is 4.10. The largest absolute Gasteiger partial charge is 0.300 e. The van der Waals surface area contributed by atoms with Gasteiger partial charge in [-0.3, -0.25) is 0 Å². The second-order valence-corrected chi connectivity index (χ2v) is 5.24. The molecule has 1 heteroatoms. The van der Waals surface area contributed by atoms with E-state index in [1.807, 2.05) is 0 Å². The van der Waals surface area contributed by atoms with E-state index in [9.17, 15) is 0 Å². The molecule has 13 heavy (non-hydrogen) atoms. The van der Waals surface area contributed by atoms with Crippen LogP contribution in [0.5, 0.6) is 0 Å². The lowest BCUT2D eigenvalue weighted by molar-refractivity contribution is 0.182. The van der Waals surface area contributed by atoms with Crippen LogP contribution >= 0.6 is 0 Å². The van der Waals surface area contributed by atoms with E-state index >= 15 is 0 Å². The third-order valence-corrected chi connectivity index (χ3v) is 4.65. The van der Waals surface area contributed by atoms with E-state index in [1.165, 1.54) is 51.6 Å². The fraction of sp³-hybridized carbons (Fsp3) is 1.00. The average molecular weight is 179 g/mol. The summed E-state index contributed by atoms with van der Waals surface area (Å²) in [5, 5.41) is 0. The maximum atomic E-state index is 2.82. The monoisotopic (exact) mass is 179 g/mol. The van der Waals surface area contributed by atoms with Gasteiger partial charge in [-0.1, -0.05) is 6.42 Å². The van der Waals surface area contributed by atoms with Gasteiger partial charge < -0.3 is 4.90 Å². The van der Waals surface area contributed by atoms with Gasteiger partial charge in [0.15, 0.2) is 0 Å². The second-order valence-electron chi connectivity index (χ2n) is 5.24. The summed E-state index contributed by atoms with van der Waals surface area (Å²) in [4.78, 5) is 2.82. The van der Waals surface area contributed by atoms with Gasteiger partial charge in [0, 0.05) is 6.04 Å². The maximum absolute atomic E-state index is 2.82. The number of rotatable bonds is 0. The lowest BCUT2D eigenvalue weighted by atomic mass is 9.84. The molecule has 2 aliphatic heterocycles. The van der Waals surface area contributed by atoms with Gasteiger partial charge in [-0.25, -0.2) is 0 Å². The van der Waals surface area contributed by atoms with E-state index in [2.05, 4.69) is 4.90 Å². The summed E-state index contributed by atoms with van der Waals surface area (Å²) in [5.41, 5.74) is 0. The highest BCUT2D eigenvalue weighted by atomic mass is 15.2. The molecule has 3 fully saturated rings.